The first kappa shape index (κ1) is 14.6. The molecule has 0 fully saturated rings. The number of urea groups is 1. The van der Waals surface area contributed by atoms with Gasteiger partial charge in [-0.15, -0.1) is 11.8 Å². The Morgan fingerprint density at radius 1 is 1.33 bits per heavy atom. The van der Waals surface area contributed by atoms with Gasteiger partial charge in [0.15, 0.2) is 0 Å². The first-order valence-corrected chi connectivity index (χ1v) is 6.78. The Kier molecular flexibility index (Phi) is 5.71. The van der Waals surface area contributed by atoms with Crippen LogP contribution in [0.15, 0.2) is 24.3 Å². The predicted molar refractivity (Wildman–Crippen MR) is 74.5 cm³/mol. The van der Waals surface area contributed by atoms with E-state index in [2.05, 4.69) is 10.6 Å². The van der Waals surface area contributed by atoms with Crippen LogP contribution in [0.1, 0.15) is 18.1 Å². The largest absolute Gasteiger partial charge is 0.341 e. The molecule has 0 aliphatic rings. The average Bonchev–Trinajstić information content (AvgIpc) is 2.37. The Bertz CT molecular complexity index is 435. The Hall–Kier alpha value is -1.49. The number of rotatable bonds is 4. The van der Waals surface area contributed by atoms with Gasteiger partial charge >= 0.3 is 6.03 Å². The summed E-state index contributed by atoms with van der Waals surface area (Å²) in [4.78, 5) is 22.6. The van der Waals surface area contributed by atoms with Crippen molar-refractivity contribution in [3.63, 3.8) is 0 Å². The zero-order valence-corrected chi connectivity index (χ0v) is 11.6. The number of benzene rings is 1. The molecular weight excluding hydrogens is 248 g/mol. The minimum absolute atomic E-state index is 0.262. The number of nitrogens with one attached hydrogen (secondary N) is 2. The maximum Gasteiger partial charge on any atom is 0.321 e. The number of aryl methyl sites for hydroxylation is 1. The number of amides is 3. The molecule has 98 valence electrons. The maximum absolute atomic E-state index is 11.6. The summed E-state index contributed by atoms with van der Waals surface area (Å²) < 4.78 is 0. The molecule has 0 aromatic heterocycles. The fraction of sp³-hybridized carbons (Fsp3) is 0.385. The van der Waals surface area contributed by atoms with Crippen LogP contribution in [0.4, 0.5) is 4.79 Å². The number of carbonyl (C=O) groups excluding carboxylic acids is 2. The zero-order chi connectivity index (χ0) is 13.5. The molecule has 0 heterocycles. The molecule has 5 heteroatoms. The van der Waals surface area contributed by atoms with Gasteiger partial charge in [0.1, 0.15) is 0 Å². The van der Waals surface area contributed by atoms with Gasteiger partial charge in [-0.05, 0) is 25.0 Å². The molecule has 3 amide bonds. The summed E-state index contributed by atoms with van der Waals surface area (Å²) in [5.41, 5.74) is 2.42. The topological polar surface area (TPSA) is 58.2 Å². The Balaban J connectivity index is 2.46. The summed E-state index contributed by atoms with van der Waals surface area (Å²) >= 11 is 1.51. The minimum atomic E-state index is -0.469. The van der Waals surface area contributed by atoms with E-state index in [1.54, 1.807) is 6.92 Å². The molecule has 1 aromatic rings. The standard InChI is InChI=1S/C13H18N2O2S/c1-9-6-4-5-7-11(9)8-18-10(2)12(16)15-13(17)14-3/h4-7,10H,8H2,1-3H3,(H2,14,15,16,17)/t10-/m0/s1. The predicted octanol–water partition coefficient (Wildman–Crippen LogP) is 2.07. The summed E-state index contributed by atoms with van der Waals surface area (Å²) in [7, 11) is 1.48. The van der Waals surface area contributed by atoms with Crippen LogP contribution >= 0.6 is 11.8 Å². The van der Waals surface area contributed by atoms with Crippen LogP contribution in [-0.2, 0) is 10.5 Å². The highest BCUT2D eigenvalue weighted by Gasteiger charge is 2.15. The maximum atomic E-state index is 11.6. The fourth-order valence-electron chi connectivity index (χ4n) is 1.34. The van der Waals surface area contributed by atoms with Gasteiger partial charge in [0.2, 0.25) is 5.91 Å². The van der Waals surface area contributed by atoms with Crippen molar-refractivity contribution in [2.24, 2.45) is 0 Å². The van der Waals surface area contributed by atoms with Gasteiger partial charge in [0, 0.05) is 12.8 Å². The lowest BCUT2D eigenvalue weighted by Crippen LogP contribution is -2.41. The fourth-order valence-corrected chi connectivity index (χ4v) is 2.30. The molecule has 0 bridgehead atoms. The molecule has 2 N–H and O–H groups in total. The highest BCUT2D eigenvalue weighted by Crippen LogP contribution is 2.20. The smallest absolute Gasteiger partial charge is 0.321 e. The van der Waals surface area contributed by atoms with Crippen molar-refractivity contribution in [1.82, 2.24) is 10.6 Å². The molecule has 0 aliphatic carbocycles. The highest BCUT2D eigenvalue weighted by atomic mass is 32.2. The third-order valence-corrected chi connectivity index (χ3v) is 3.77. The van der Waals surface area contributed by atoms with Gasteiger partial charge in [0.25, 0.3) is 0 Å². The van der Waals surface area contributed by atoms with Crippen molar-refractivity contribution in [2.45, 2.75) is 24.9 Å². The van der Waals surface area contributed by atoms with E-state index >= 15 is 0 Å². The zero-order valence-electron chi connectivity index (χ0n) is 10.8. The first-order valence-electron chi connectivity index (χ1n) is 5.73. The van der Waals surface area contributed by atoms with Crippen molar-refractivity contribution < 1.29 is 9.59 Å². The molecule has 0 radical (unpaired) electrons. The van der Waals surface area contributed by atoms with Crippen LogP contribution < -0.4 is 10.6 Å². The quantitative estimate of drug-likeness (QED) is 0.877. The van der Waals surface area contributed by atoms with E-state index in [0.29, 0.717) is 0 Å². The summed E-state index contributed by atoms with van der Waals surface area (Å²) in [6, 6.07) is 7.60. The lowest BCUT2D eigenvalue weighted by atomic mass is 10.1. The number of thioether (sulfide) groups is 1. The summed E-state index contributed by atoms with van der Waals surface area (Å²) in [6.45, 7) is 3.84. The van der Waals surface area contributed by atoms with Gasteiger partial charge in [-0.25, -0.2) is 4.79 Å². The van der Waals surface area contributed by atoms with E-state index in [4.69, 9.17) is 0 Å². The first-order chi connectivity index (χ1) is 8.54. The van der Waals surface area contributed by atoms with E-state index in [1.165, 1.54) is 29.9 Å². The average molecular weight is 266 g/mol. The molecule has 0 saturated carbocycles. The van der Waals surface area contributed by atoms with Crippen molar-refractivity contribution in [1.29, 1.82) is 0 Å². The molecule has 0 aliphatic heterocycles. The van der Waals surface area contributed by atoms with Crippen molar-refractivity contribution in [3.05, 3.63) is 35.4 Å². The third kappa shape index (κ3) is 4.41. The molecule has 1 atom stereocenters. The SMILES string of the molecule is CNC(=O)NC(=O)[C@H](C)SCc1ccccc1C. The van der Waals surface area contributed by atoms with Gasteiger partial charge in [0.05, 0.1) is 5.25 Å². The second kappa shape index (κ2) is 7.06. The second-order valence-corrected chi connectivity index (χ2v) is 5.28. The van der Waals surface area contributed by atoms with E-state index in [9.17, 15) is 9.59 Å². The lowest BCUT2D eigenvalue weighted by Gasteiger charge is -2.12. The van der Waals surface area contributed by atoms with Crippen LogP contribution in [0.25, 0.3) is 0 Å². The van der Waals surface area contributed by atoms with Crippen LogP contribution in [0, 0.1) is 6.92 Å². The molecule has 18 heavy (non-hydrogen) atoms. The van der Waals surface area contributed by atoms with E-state index in [1.807, 2.05) is 31.2 Å². The Morgan fingerprint density at radius 3 is 2.61 bits per heavy atom. The Labute approximate surface area is 112 Å². The van der Waals surface area contributed by atoms with Crippen LogP contribution in [0.5, 0.6) is 0 Å². The van der Waals surface area contributed by atoms with Gasteiger partial charge in [-0.3, -0.25) is 10.1 Å². The molecule has 0 spiro atoms. The number of hydrogen-bond donors (Lipinski definition) is 2. The summed E-state index contributed by atoms with van der Waals surface area (Å²) in [6.07, 6.45) is 0. The van der Waals surface area contributed by atoms with Crippen LogP contribution in [0.3, 0.4) is 0 Å². The van der Waals surface area contributed by atoms with Crippen molar-refractivity contribution in [3.8, 4) is 0 Å². The molecule has 0 saturated heterocycles. The minimum Gasteiger partial charge on any atom is -0.341 e. The summed E-state index contributed by atoms with van der Waals surface area (Å²) in [5, 5.41) is 4.36. The molecular formula is C13H18N2O2S. The molecule has 1 rings (SSSR count). The van der Waals surface area contributed by atoms with Crippen molar-refractivity contribution in [2.75, 3.05) is 7.05 Å². The van der Waals surface area contributed by atoms with E-state index in [0.717, 1.165) is 5.75 Å². The second-order valence-electron chi connectivity index (χ2n) is 3.95. The van der Waals surface area contributed by atoms with Crippen molar-refractivity contribution >= 4 is 23.7 Å². The monoisotopic (exact) mass is 266 g/mol. The normalized spacial score (nSPS) is 11.7. The highest BCUT2D eigenvalue weighted by molar-refractivity contribution is 7.99. The third-order valence-electron chi connectivity index (χ3n) is 2.58. The van der Waals surface area contributed by atoms with Gasteiger partial charge < -0.3 is 5.32 Å². The van der Waals surface area contributed by atoms with E-state index < -0.39 is 6.03 Å². The lowest BCUT2D eigenvalue weighted by molar-refractivity contribution is -0.119. The van der Waals surface area contributed by atoms with Gasteiger partial charge in [-0.1, -0.05) is 24.3 Å². The number of imide groups is 1. The Morgan fingerprint density at radius 2 is 2.00 bits per heavy atom. The van der Waals surface area contributed by atoms with Crippen LogP contribution in [0.2, 0.25) is 0 Å². The summed E-state index contributed by atoms with van der Waals surface area (Å²) in [5.74, 6) is 0.489. The number of carbonyl (C=O) groups is 2. The van der Waals surface area contributed by atoms with Crippen LogP contribution in [-0.4, -0.2) is 24.2 Å². The molecule has 0 unspecified atom stereocenters. The molecule has 1 aromatic carbocycles. The van der Waals surface area contributed by atoms with Gasteiger partial charge in [-0.2, -0.15) is 0 Å². The molecule has 4 nitrogen and oxygen atoms in total. The van der Waals surface area contributed by atoms with E-state index in [-0.39, 0.29) is 11.2 Å². The number of hydrogen-bond acceptors (Lipinski definition) is 3.